The quantitative estimate of drug-likeness (QED) is 0.746. The summed E-state index contributed by atoms with van der Waals surface area (Å²) in [6, 6.07) is 5.74. The van der Waals surface area contributed by atoms with Gasteiger partial charge in [0.1, 0.15) is 0 Å². The van der Waals surface area contributed by atoms with Gasteiger partial charge in [-0.2, -0.15) is 5.10 Å². The van der Waals surface area contributed by atoms with Crippen molar-refractivity contribution in [2.24, 2.45) is 0 Å². The summed E-state index contributed by atoms with van der Waals surface area (Å²) in [6.45, 7) is 5.84. The molecule has 1 atom stereocenters. The van der Waals surface area contributed by atoms with E-state index in [2.05, 4.69) is 40.2 Å². The van der Waals surface area contributed by atoms with Crippen molar-refractivity contribution in [2.75, 3.05) is 6.54 Å². The molecule has 0 fully saturated rings. The van der Waals surface area contributed by atoms with Crippen molar-refractivity contribution in [3.05, 3.63) is 50.2 Å². The second-order valence-electron chi connectivity index (χ2n) is 4.75. The normalized spacial score (nSPS) is 12.6. The Kier molecular flexibility index (Phi) is 6.11. The van der Waals surface area contributed by atoms with Crippen LogP contribution in [0.5, 0.6) is 0 Å². The third-order valence-electron chi connectivity index (χ3n) is 3.27. The van der Waals surface area contributed by atoms with Gasteiger partial charge in [-0.25, -0.2) is 0 Å². The highest BCUT2D eigenvalue weighted by Crippen LogP contribution is 2.34. The molecule has 0 saturated heterocycles. The molecule has 21 heavy (non-hydrogen) atoms. The number of nitrogens with one attached hydrogen (secondary N) is 1. The summed E-state index contributed by atoms with van der Waals surface area (Å²) in [5.41, 5.74) is 2.03. The maximum absolute atomic E-state index is 6.37. The van der Waals surface area contributed by atoms with E-state index in [4.69, 9.17) is 23.2 Å². The number of halogens is 3. The molecule has 1 aromatic heterocycles. The van der Waals surface area contributed by atoms with Crippen LogP contribution in [0, 0.1) is 0 Å². The van der Waals surface area contributed by atoms with Crippen molar-refractivity contribution < 1.29 is 0 Å². The van der Waals surface area contributed by atoms with E-state index in [9.17, 15) is 0 Å². The van der Waals surface area contributed by atoms with E-state index in [1.54, 1.807) is 6.20 Å². The Labute approximate surface area is 143 Å². The minimum absolute atomic E-state index is 0.0482. The van der Waals surface area contributed by atoms with Gasteiger partial charge in [0.2, 0.25) is 0 Å². The Hall–Kier alpha value is -0.550. The summed E-state index contributed by atoms with van der Waals surface area (Å²) < 4.78 is 2.92. The summed E-state index contributed by atoms with van der Waals surface area (Å²) in [5, 5.41) is 9.24. The van der Waals surface area contributed by atoms with Crippen molar-refractivity contribution in [1.82, 2.24) is 15.1 Å². The van der Waals surface area contributed by atoms with Gasteiger partial charge >= 0.3 is 0 Å². The van der Waals surface area contributed by atoms with Gasteiger partial charge in [0.05, 0.1) is 23.0 Å². The third-order valence-corrected chi connectivity index (χ3v) is 4.52. The molecular weight excluding hydrogens is 373 g/mol. The lowest BCUT2D eigenvalue weighted by Crippen LogP contribution is -2.26. The molecule has 0 radical (unpaired) electrons. The van der Waals surface area contributed by atoms with E-state index < -0.39 is 0 Å². The molecule has 1 N–H and O–H groups in total. The zero-order chi connectivity index (χ0) is 15.4. The van der Waals surface area contributed by atoms with Crippen molar-refractivity contribution in [2.45, 2.75) is 32.9 Å². The van der Waals surface area contributed by atoms with Crippen molar-refractivity contribution in [3.8, 4) is 0 Å². The molecule has 0 aliphatic heterocycles. The maximum atomic E-state index is 6.37. The average molecular weight is 391 g/mol. The Balaban J connectivity index is 2.52. The zero-order valence-corrected chi connectivity index (χ0v) is 15.1. The Morgan fingerprint density at radius 1 is 1.33 bits per heavy atom. The van der Waals surface area contributed by atoms with Crippen LogP contribution in [0.1, 0.15) is 37.6 Å². The van der Waals surface area contributed by atoms with Gasteiger partial charge in [-0.15, -0.1) is 0 Å². The van der Waals surface area contributed by atoms with Crippen LogP contribution in [-0.4, -0.2) is 16.3 Å². The van der Waals surface area contributed by atoms with Crippen molar-refractivity contribution in [1.29, 1.82) is 0 Å². The van der Waals surface area contributed by atoms with Gasteiger partial charge in [-0.05, 0) is 43.7 Å². The molecular formula is C15H18BrCl2N3. The largest absolute Gasteiger partial charge is 0.305 e. The average Bonchev–Trinajstić information content (AvgIpc) is 2.84. The summed E-state index contributed by atoms with van der Waals surface area (Å²) in [7, 11) is 0. The maximum Gasteiger partial charge on any atom is 0.0837 e. The molecule has 3 nitrogen and oxygen atoms in total. The van der Waals surface area contributed by atoms with Crippen LogP contribution >= 0.6 is 39.1 Å². The van der Waals surface area contributed by atoms with Crippen LogP contribution in [0.3, 0.4) is 0 Å². The van der Waals surface area contributed by atoms with Gasteiger partial charge in [-0.3, -0.25) is 4.68 Å². The second kappa shape index (κ2) is 7.63. The summed E-state index contributed by atoms with van der Waals surface area (Å²) >= 11 is 16.1. The number of nitrogens with zero attached hydrogens (tertiary/aromatic N) is 2. The third kappa shape index (κ3) is 3.81. The molecule has 0 bridgehead atoms. The lowest BCUT2D eigenvalue weighted by atomic mass is 10.0. The van der Waals surface area contributed by atoms with Crippen LogP contribution in [-0.2, 0) is 6.54 Å². The highest BCUT2D eigenvalue weighted by atomic mass is 79.9. The minimum atomic E-state index is -0.0482. The number of benzene rings is 1. The lowest BCUT2D eigenvalue weighted by molar-refractivity contribution is 0.529. The summed E-state index contributed by atoms with van der Waals surface area (Å²) in [4.78, 5) is 0. The standard InChI is InChI=1S/C15H18BrCl2N3/c1-3-7-19-14(11-8-10(17)5-6-12(11)16)15-13(18)9-20-21(15)4-2/h5-6,8-9,14,19H,3-4,7H2,1-2H3. The molecule has 0 amide bonds. The Morgan fingerprint density at radius 3 is 2.76 bits per heavy atom. The molecule has 2 rings (SSSR count). The van der Waals surface area contributed by atoms with Gasteiger partial charge in [0, 0.05) is 16.0 Å². The van der Waals surface area contributed by atoms with E-state index in [0.717, 1.165) is 35.2 Å². The van der Waals surface area contributed by atoms with E-state index in [-0.39, 0.29) is 6.04 Å². The second-order valence-corrected chi connectivity index (χ2v) is 6.44. The summed E-state index contributed by atoms with van der Waals surface area (Å²) in [5.74, 6) is 0. The number of aryl methyl sites for hydroxylation is 1. The van der Waals surface area contributed by atoms with Crippen LogP contribution < -0.4 is 5.32 Å². The molecule has 1 heterocycles. The number of rotatable bonds is 6. The molecule has 1 unspecified atom stereocenters. The molecule has 1 aromatic carbocycles. The van der Waals surface area contributed by atoms with Crippen LogP contribution in [0.2, 0.25) is 10.0 Å². The first-order valence-electron chi connectivity index (χ1n) is 6.98. The van der Waals surface area contributed by atoms with Gasteiger partial charge in [0.15, 0.2) is 0 Å². The van der Waals surface area contributed by atoms with Gasteiger partial charge < -0.3 is 5.32 Å². The Morgan fingerprint density at radius 2 is 2.10 bits per heavy atom. The number of hydrogen-bond acceptors (Lipinski definition) is 2. The predicted molar refractivity (Wildman–Crippen MR) is 92.2 cm³/mol. The summed E-state index contributed by atoms with van der Waals surface area (Å²) in [6.07, 6.45) is 2.73. The SMILES string of the molecule is CCCNC(c1cc(Cl)ccc1Br)c1c(Cl)cnn1CC. The van der Waals surface area contributed by atoms with Gasteiger partial charge in [-0.1, -0.05) is 46.1 Å². The molecule has 0 aliphatic rings. The molecule has 0 spiro atoms. The first-order chi connectivity index (χ1) is 10.1. The molecule has 6 heteroatoms. The molecule has 114 valence electrons. The fourth-order valence-corrected chi connectivity index (χ4v) is 3.20. The molecule has 0 aliphatic carbocycles. The topological polar surface area (TPSA) is 29.9 Å². The highest BCUT2D eigenvalue weighted by molar-refractivity contribution is 9.10. The van der Waals surface area contributed by atoms with E-state index in [1.807, 2.05) is 22.9 Å². The monoisotopic (exact) mass is 389 g/mol. The first kappa shape index (κ1) is 16.8. The first-order valence-corrected chi connectivity index (χ1v) is 8.52. The molecule has 0 saturated carbocycles. The predicted octanol–water partition coefficient (Wildman–Crippen LogP) is 5.06. The van der Waals surface area contributed by atoms with E-state index in [1.165, 1.54) is 0 Å². The fourth-order valence-electron chi connectivity index (χ4n) is 2.29. The number of hydrogen-bond donors (Lipinski definition) is 1. The fraction of sp³-hybridized carbons (Fsp3) is 0.400. The van der Waals surface area contributed by atoms with Crippen LogP contribution in [0.25, 0.3) is 0 Å². The minimum Gasteiger partial charge on any atom is -0.305 e. The zero-order valence-electron chi connectivity index (χ0n) is 12.0. The smallest absolute Gasteiger partial charge is 0.0837 e. The molecule has 2 aromatic rings. The van der Waals surface area contributed by atoms with E-state index >= 15 is 0 Å². The van der Waals surface area contributed by atoms with Gasteiger partial charge in [0.25, 0.3) is 0 Å². The van der Waals surface area contributed by atoms with E-state index in [0.29, 0.717) is 10.0 Å². The number of aromatic nitrogens is 2. The van der Waals surface area contributed by atoms with Crippen LogP contribution in [0.15, 0.2) is 28.9 Å². The lowest BCUT2D eigenvalue weighted by Gasteiger charge is -2.22. The van der Waals surface area contributed by atoms with Crippen LogP contribution in [0.4, 0.5) is 0 Å². The van der Waals surface area contributed by atoms with Crippen molar-refractivity contribution in [3.63, 3.8) is 0 Å². The Bertz CT molecular complexity index is 613. The highest BCUT2D eigenvalue weighted by Gasteiger charge is 2.23. The van der Waals surface area contributed by atoms with Crippen molar-refractivity contribution >= 4 is 39.1 Å².